The molecule has 8 heteroatoms. The van der Waals surface area contributed by atoms with Gasteiger partial charge >= 0.3 is 0 Å². The first-order valence-electron chi connectivity index (χ1n) is 9.59. The molecule has 1 saturated heterocycles. The zero-order valence-corrected chi connectivity index (χ0v) is 16.4. The van der Waals surface area contributed by atoms with E-state index in [-0.39, 0.29) is 0 Å². The predicted molar refractivity (Wildman–Crippen MR) is 109 cm³/mol. The Morgan fingerprint density at radius 1 is 1.17 bits per heavy atom. The number of anilines is 2. The molecule has 0 atom stereocenters. The van der Waals surface area contributed by atoms with Gasteiger partial charge in [-0.25, -0.2) is 4.98 Å². The Morgan fingerprint density at radius 2 is 1.97 bits per heavy atom. The number of aromatic nitrogens is 4. The van der Waals surface area contributed by atoms with E-state index in [1.807, 2.05) is 36.9 Å². The quantitative estimate of drug-likeness (QED) is 0.687. The van der Waals surface area contributed by atoms with Gasteiger partial charge in [-0.3, -0.25) is 0 Å². The average Bonchev–Trinajstić information content (AvgIpc) is 3.14. The van der Waals surface area contributed by atoms with Gasteiger partial charge in [0.25, 0.3) is 0 Å². The fourth-order valence-corrected chi connectivity index (χ4v) is 4.02. The maximum Gasteiger partial charge on any atom is 0.224 e. The SMILES string of the molecule is CNc1nnc(C2CCN(c3c(C#N)cccc3-c3ccc(F)nc3)CC2)n1C. The van der Waals surface area contributed by atoms with Crippen LogP contribution in [0.5, 0.6) is 0 Å². The van der Waals surface area contributed by atoms with Crippen LogP contribution >= 0.6 is 0 Å². The number of halogens is 1. The molecule has 0 radical (unpaired) electrons. The third kappa shape index (κ3) is 3.51. The molecular formula is C21H22FN7. The molecule has 148 valence electrons. The summed E-state index contributed by atoms with van der Waals surface area (Å²) in [7, 11) is 3.80. The molecule has 0 bridgehead atoms. The molecule has 29 heavy (non-hydrogen) atoms. The Kier molecular flexibility index (Phi) is 5.12. The lowest BCUT2D eigenvalue weighted by atomic mass is 9.93. The highest BCUT2D eigenvalue weighted by molar-refractivity contribution is 5.82. The minimum absolute atomic E-state index is 0.316. The second kappa shape index (κ2) is 7.87. The van der Waals surface area contributed by atoms with Crippen molar-refractivity contribution in [3.63, 3.8) is 0 Å². The molecule has 1 aliphatic heterocycles. The van der Waals surface area contributed by atoms with Gasteiger partial charge in [-0.05, 0) is 31.0 Å². The molecule has 1 fully saturated rings. The highest BCUT2D eigenvalue weighted by Gasteiger charge is 2.27. The maximum absolute atomic E-state index is 13.3. The summed E-state index contributed by atoms with van der Waals surface area (Å²) in [6.45, 7) is 1.60. The molecular weight excluding hydrogens is 369 g/mol. The van der Waals surface area contributed by atoms with Crippen LogP contribution < -0.4 is 10.2 Å². The van der Waals surface area contributed by atoms with Gasteiger partial charge < -0.3 is 14.8 Å². The highest BCUT2D eigenvalue weighted by atomic mass is 19.1. The van der Waals surface area contributed by atoms with E-state index in [2.05, 4.69) is 31.5 Å². The van der Waals surface area contributed by atoms with Crippen molar-refractivity contribution < 1.29 is 4.39 Å². The van der Waals surface area contributed by atoms with Gasteiger partial charge in [-0.2, -0.15) is 9.65 Å². The number of nitrogens with one attached hydrogen (secondary N) is 1. The first-order chi connectivity index (χ1) is 14.1. The van der Waals surface area contributed by atoms with Crippen LogP contribution in [0.1, 0.15) is 30.1 Å². The summed E-state index contributed by atoms with van der Waals surface area (Å²) in [5.74, 6) is 1.53. The van der Waals surface area contributed by atoms with Crippen molar-refractivity contribution in [2.75, 3.05) is 30.4 Å². The molecule has 0 unspecified atom stereocenters. The summed E-state index contributed by atoms with van der Waals surface area (Å²) in [6.07, 6.45) is 3.34. The Labute approximate surface area is 168 Å². The normalized spacial score (nSPS) is 14.6. The third-order valence-electron chi connectivity index (χ3n) is 5.50. The fourth-order valence-electron chi connectivity index (χ4n) is 4.02. The summed E-state index contributed by atoms with van der Waals surface area (Å²) >= 11 is 0. The van der Waals surface area contributed by atoms with E-state index in [1.54, 1.807) is 6.07 Å². The van der Waals surface area contributed by atoms with Gasteiger partial charge in [0.15, 0.2) is 0 Å². The number of piperidine rings is 1. The van der Waals surface area contributed by atoms with Crippen LogP contribution in [0, 0.1) is 17.3 Å². The molecule has 2 aromatic heterocycles. The second-order valence-corrected chi connectivity index (χ2v) is 7.14. The van der Waals surface area contributed by atoms with Gasteiger partial charge in [-0.1, -0.05) is 12.1 Å². The maximum atomic E-state index is 13.3. The molecule has 7 nitrogen and oxygen atoms in total. The van der Waals surface area contributed by atoms with E-state index in [0.717, 1.165) is 54.5 Å². The summed E-state index contributed by atoms with van der Waals surface area (Å²) in [4.78, 5) is 6.02. The summed E-state index contributed by atoms with van der Waals surface area (Å²) < 4.78 is 15.3. The molecule has 0 aliphatic carbocycles. The van der Waals surface area contributed by atoms with E-state index in [9.17, 15) is 9.65 Å². The topological polar surface area (TPSA) is 82.7 Å². The van der Waals surface area contributed by atoms with Crippen LogP contribution in [-0.4, -0.2) is 39.9 Å². The molecule has 4 rings (SSSR count). The van der Waals surface area contributed by atoms with E-state index in [1.165, 1.54) is 12.3 Å². The van der Waals surface area contributed by atoms with Crippen molar-refractivity contribution >= 4 is 11.6 Å². The first kappa shape index (κ1) is 18.9. The summed E-state index contributed by atoms with van der Waals surface area (Å²) in [6, 6.07) is 11.0. The minimum Gasteiger partial charge on any atom is -0.370 e. The van der Waals surface area contributed by atoms with Gasteiger partial charge in [0, 0.05) is 50.4 Å². The van der Waals surface area contributed by atoms with Crippen molar-refractivity contribution in [1.29, 1.82) is 5.26 Å². The molecule has 0 amide bonds. The van der Waals surface area contributed by atoms with E-state index >= 15 is 0 Å². The van der Waals surface area contributed by atoms with Crippen molar-refractivity contribution in [1.82, 2.24) is 19.7 Å². The molecule has 3 heterocycles. The Bertz CT molecular complexity index is 1040. The van der Waals surface area contributed by atoms with Crippen LogP contribution in [0.25, 0.3) is 11.1 Å². The molecule has 1 N–H and O–H groups in total. The smallest absolute Gasteiger partial charge is 0.224 e. The van der Waals surface area contributed by atoms with E-state index < -0.39 is 5.95 Å². The Balaban J connectivity index is 1.62. The van der Waals surface area contributed by atoms with E-state index in [0.29, 0.717) is 11.5 Å². The van der Waals surface area contributed by atoms with Crippen molar-refractivity contribution in [3.05, 3.63) is 53.9 Å². The van der Waals surface area contributed by atoms with Crippen molar-refractivity contribution in [2.24, 2.45) is 7.05 Å². The standard InChI is InChI=1S/C21H22FN7/c1-24-21-27-26-20(28(21)2)14-8-10-29(11-9-14)19-15(12-23)4-3-5-17(19)16-6-7-18(22)25-13-16/h3-7,13-14H,8-11H2,1-2H3,(H,24,27). The number of rotatable bonds is 4. The number of nitriles is 1. The van der Waals surface area contributed by atoms with Gasteiger partial charge in [0.2, 0.25) is 11.9 Å². The van der Waals surface area contributed by atoms with Gasteiger partial charge in [0.1, 0.15) is 11.9 Å². The zero-order valence-electron chi connectivity index (χ0n) is 16.4. The molecule has 0 saturated carbocycles. The fraction of sp³-hybridized carbons (Fsp3) is 0.333. The van der Waals surface area contributed by atoms with Crippen LogP contribution in [0.4, 0.5) is 16.0 Å². The van der Waals surface area contributed by atoms with Gasteiger partial charge in [-0.15, -0.1) is 10.2 Å². The van der Waals surface area contributed by atoms with Gasteiger partial charge in [0.05, 0.1) is 11.3 Å². The van der Waals surface area contributed by atoms with Crippen LogP contribution in [0.15, 0.2) is 36.5 Å². The van der Waals surface area contributed by atoms with Crippen molar-refractivity contribution in [3.8, 4) is 17.2 Å². The first-order valence-corrected chi connectivity index (χ1v) is 9.59. The third-order valence-corrected chi connectivity index (χ3v) is 5.50. The lowest BCUT2D eigenvalue weighted by Crippen LogP contribution is -2.34. The van der Waals surface area contributed by atoms with Crippen LogP contribution in [0.2, 0.25) is 0 Å². The number of hydrogen-bond acceptors (Lipinski definition) is 6. The molecule has 3 aromatic rings. The Hall–Kier alpha value is -3.47. The molecule has 1 aliphatic rings. The van der Waals surface area contributed by atoms with E-state index in [4.69, 9.17) is 0 Å². The minimum atomic E-state index is -0.517. The molecule has 1 aromatic carbocycles. The van der Waals surface area contributed by atoms with Crippen LogP contribution in [-0.2, 0) is 7.05 Å². The highest BCUT2D eigenvalue weighted by Crippen LogP contribution is 2.37. The number of nitrogens with zero attached hydrogens (tertiary/aromatic N) is 6. The monoisotopic (exact) mass is 391 g/mol. The van der Waals surface area contributed by atoms with Crippen molar-refractivity contribution in [2.45, 2.75) is 18.8 Å². The average molecular weight is 391 g/mol. The second-order valence-electron chi connectivity index (χ2n) is 7.14. The zero-order chi connectivity index (χ0) is 20.4. The number of benzene rings is 1. The van der Waals surface area contributed by atoms with Crippen LogP contribution in [0.3, 0.4) is 0 Å². The molecule has 0 spiro atoms. The predicted octanol–water partition coefficient (Wildman–Crippen LogP) is 3.31. The summed E-state index contributed by atoms with van der Waals surface area (Å²) in [5.41, 5.74) is 3.19. The lowest BCUT2D eigenvalue weighted by molar-refractivity contribution is 0.474. The number of hydrogen-bond donors (Lipinski definition) is 1. The number of para-hydroxylation sites is 1. The summed E-state index contributed by atoms with van der Waals surface area (Å²) in [5, 5.41) is 21.3. The Morgan fingerprint density at radius 3 is 2.59 bits per heavy atom. The largest absolute Gasteiger partial charge is 0.370 e. The lowest BCUT2D eigenvalue weighted by Gasteiger charge is -2.35. The number of pyridine rings is 1.